The van der Waals surface area contributed by atoms with Crippen molar-refractivity contribution in [3.05, 3.63) is 58.9 Å². The molecule has 3 rings (SSSR count). The van der Waals surface area contributed by atoms with Crippen molar-refractivity contribution in [3.63, 3.8) is 0 Å². The van der Waals surface area contributed by atoms with Gasteiger partial charge in [-0.1, -0.05) is 37.1 Å². The van der Waals surface area contributed by atoms with Crippen LogP contribution in [0.25, 0.3) is 11.0 Å². The number of primary sulfonamides is 1. The van der Waals surface area contributed by atoms with E-state index in [1.165, 1.54) is 0 Å². The van der Waals surface area contributed by atoms with Crippen LogP contribution in [0.4, 0.5) is 0 Å². The Morgan fingerprint density at radius 1 is 1.18 bits per heavy atom. The number of nitrogens with two attached hydrogens (primary N) is 1. The van der Waals surface area contributed by atoms with E-state index in [4.69, 9.17) is 21.7 Å². The molecule has 0 aliphatic carbocycles. The molecule has 8 heteroatoms. The van der Waals surface area contributed by atoms with E-state index in [9.17, 15) is 8.42 Å². The van der Waals surface area contributed by atoms with Gasteiger partial charge in [-0.3, -0.25) is 4.90 Å². The molecule has 1 heterocycles. The predicted molar refractivity (Wildman–Crippen MR) is 113 cm³/mol. The second-order valence-corrected chi connectivity index (χ2v) is 9.03. The number of hydrogen-bond acceptors (Lipinski definition) is 4. The number of fused-ring (bicyclic) bond motifs is 1. The largest absolute Gasteiger partial charge is 0.327 e. The molecule has 0 unspecified atom stereocenters. The molecule has 2 N–H and O–H groups in total. The number of nitrogens with zero attached hydrogens (tertiary/aromatic N) is 3. The normalized spacial score (nSPS) is 12.2. The predicted octanol–water partition coefficient (Wildman–Crippen LogP) is 3.77. The van der Waals surface area contributed by atoms with Crippen LogP contribution >= 0.6 is 11.6 Å². The minimum absolute atomic E-state index is 0.0824. The molecule has 0 saturated carbocycles. The summed E-state index contributed by atoms with van der Waals surface area (Å²) in [4.78, 5) is 6.96. The number of rotatable bonds is 8. The molecule has 1 aromatic heterocycles. The maximum atomic E-state index is 11.7. The standard InChI is InChI=1S/C20H25ClN4O2S/c1-3-4-10-25-19-9-8-17(28(22,26)27)12-18(19)23-20(25)14-24(2)13-15-6-5-7-16(21)11-15/h5-9,11-12H,3-4,10,13-14H2,1-2H3,(H2,22,26,27). The van der Waals surface area contributed by atoms with E-state index in [2.05, 4.69) is 16.4 Å². The molecule has 28 heavy (non-hydrogen) atoms. The van der Waals surface area contributed by atoms with Gasteiger partial charge in [0, 0.05) is 18.1 Å². The van der Waals surface area contributed by atoms with Gasteiger partial charge < -0.3 is 4.57 Å². The van der Waals surface area contributed by atoms with Crippen LogP contribution in [0.15, 0.2) is 47.4 Å². The zero-order valence-electron chi connectivity index (χ0n) is 16.1. The highest BCUT2D eigenvalue weighted by atomic mass is 35.5. The van der Waals surface area contributed by atoms with Gasteiger partial charge in [0.25, 0.3) is 0 Å². The minimum Gasteiger partial charge on any atom is -0.327 e. The summed E-state index contributed by atoms with van der Waals surface area (Å²) in [7, 11) is -1.73. The van der Waals surface area contributed by atoms with Crippen LogP contribution in [0.1, 0.15) is 31.2 Å². The second kappa shape index (κ2) is 8.61. The molecule has 0 fully saturated rings. The average molecular weight is 421 g/mol. The number of sulfonamides is 1. The molecule has 0 aliphatic rings. The van der Waals surface area contributed by atoms with Gasteiger partial charge >= 0.3 is 0 Å². The third kappa shape index (κ3) is 4.91. The molecule has 150 valence electrons. The highest BCUT2D eigenvalue weighted by molar-refractivity contribution is 7.89. The Bertz CT molecular complexity index is 1080. The lowest BCUT2D eigenvalue weighted by molar-refractivity contribution is 0.305. The number of aromatic nitrogens is 2. The average Bonchev–Trinajstić information content (AvgIpc) is 2.95. The van der Waals surface area contributed by atoms with E-state index in [0.29, 0.717) is 12.1 Å². The van der Waals surface area contributed by atoms with Gasteiger partial charge in [0.2, 0.25) is 10.0 Å². The summed E-state index contributed by atoms with van der Waals surface area (Å²) >= 11 is 6.08. The quantitative estimate of drug-likeness (QED) is 0.601. The number of aryl methyl sites for hydroxylation is 1. The van der Waals surface area contributed by atoms with E-state index >= 15 is 0 Å². The first-order valence-electron chi connectivity index (χ1n) is 9.23. The zero-order chi connectivity index (χ0) is 20.3. The van der Waals surface area contributed by atoms with E-state index in [-0.39, 0.29) is 4.90 Å². The highest BCUT2D eigenvalue weighted by Gasteiger charge is 2.16. The Balaban J connectivity index is 1.91. The molecule has 0 amide bonds. The van der Waals surface area contributed by atoms with Gasteiger partial charge in [-0.2, -0.15) is 0 Å². The summed E-state index contributed by atoms with van der Waals surface area (Å²) < 4.78 is 25.5. The molecular weight excluding hydrogens is 396 g/mol. The summed E-state index contributed by atoms with van der Waals surface area (Å²) in [6.45, 7) is 4.35. The number of unbranched alkanes of at least 4 members (excludes halogenated alkanes) is 1. The van der Waals surface area contributed by atoms with Gasteiger partial charge in [-0.15, -0.1) is 0 Å². The summed E-state index contributed by atoms with van der Waals surface area (Å²) in [6.07, 6.45) is 2.08. The Morgan fingerprint density at radius 3 is 2.64 bits per heavy atom. The molecule has 0 aliphatic heterocycles. The topological polar surface area (TPSA) is 81.2 Å². The third-order valence-corrected chi connectivity index (χ3v) is 5.76. The first-order chi connectivity index (χ1) is 13.3. The van der Waals surface area contributed by atoms with Gasteiger partial charge in [0.15, 0.2) is 0 Å². The fourth-order valence-corrected chi connectivity index (χ4v) is 4.01. The molecule has 0 radical (unpaired) electrons. The smallest absolute Gasteiger partial charge is 0.238 e. The monoisotopic (exact) mass is 420 g/mol. The number of halogens is 1. The Kier molecular flexibility index (Phi) is 6.40. The molecule has 0 atom stereocenters. The first-order valence-corrected chi connectivity index (χ1v) is 11.2. The first kappa shape index (κ1) is 20.8. The fraction of sp³-hybridized carbons (Fsp3) is 0.350. The van der Waals surface area contributed by atoms with Crippen molar-refractivity contribution in [2.45, 2.75) is 44.3 Å². The maximum absolute atomic E-state index is 11.7. The van der Waals surface area contributed by atoms with Gasteiger partial charge in [-0.05, 0) is 49.4 Å². The van der Waals surface area contributed by atoms with Crippen molar-refractivity contribution in [2.24, 2.45) is 5.14 Å². The lowest BCUT2D eigenvalue weighted by atomic mass is 10.2. The molecule has 0 saturated heterocycles. The summed E-state index contributed by atoms with van der Waals surface area (Å²) in [5.41, 5.74) is 2.70. The van der Waals surface area contributed by atoms with E-state index < -0.39 is 10.0 Å². The molecule has 0 bridgehead atoms. The van der Waals surface area contributed by atoms with Crippen LogP contribution in [0, 0.1) is 0 Å². The van der Waals surface area contributed by atoms with Gasteiger partial charge in [0.1, 0.15) is 5.82 Å². The van der Waals surface area contributed by atoms with E-state index in [1.807, 2.05) is 31.3 Å². The van der Waals surface area contributed by atoms with Crippen LogP contribution in [0.2, 0.25) is 5.02 Å². The van der Waals surface area contributed by atoms with Crippen LogP contribution in [-0.2, 0) is 29.7 Å². The van der Waals surface area contributed by atoms with E-state index in [1.54, 1.807) is 18.2 Å². The van der Waals surface area contributed by atoms with Crippen molar-refractivity contribution in [3.8, 4) is 0 Å². The molecular formula is C20H25ClN4O2S. The Morgan fingerprint density at radius 2 is 1.96 bits per heavy atom. The van der Waals surface area contributed by atoms with Crippen LogP contribution in [0.5, 0.6) is 0 Å². The fourth-order valence-electron chi connectivity index (χ4n) is 3.27. The maximum Gasteiger partial charge on any atom is 0.238 e. The number of imidazole rings is 1. The summed E-state index contributed by atoms with van der Waals surface area (Å²) in [6, 6.07) is 12.7. The van der Waals surface area contributed by atoms with Gasteiger partial charge in [-0.25, -0.2) is 18.5 Å². The van der Waals surface area contributed by atoms with Crippen molar-refractivity contribution < 1.29 is 8.42 Å². The number of hydrogen-bond donors (Lipinski definition) is 1. The lowest BCUT2D eigenvalue weighted by Crippen LogP contribution is -2.20. The van der Waals surface area contributed by atoms with Crippen LogP contribution in [-0.4, -0.2) is 29.9 Å². The number of benzene rings is 2. The van der Waals surface area contributed by atoms with Crippen LogP contribution < -0.4 is 5.14 Å². The molecule has 3 aromatic rings. The molecule has 0 spiro atoms. The zero-order valence-corrected chi connectivity index (χ0v) is 17.7. The SMILES string of the molecule is CCCCn1c(CN(C)Cc2cccc(Cl)c2)nc2cc(S(N)(=O)=O)ccc21. The lowest BCUT2D eigenvalue weighted by Gasteiger charge is -2.18. The second-order valence-electron chi connectivity index (χ2n) is 7.03. The Labute approximate surface area is 171 Å². The Hall–Kier alpha value is -1.93. The third-order valence-electron chi connectivity index (χ3n) is 4.62. The van der Waals surface area contributed by atoms with Crippen molar-refractivity contribution in [1.29, 1.82) is 0 Å². The molecule has 6 nitrogen and oxygen atoms in total. The minimum atomic E-state index is -3.75. The molecule has 2 aromatic carbocycles. The van der Waals surface area contributed by atoms with Crippen LogP contribution in [0.3, 0.4) is 0 Å². The summed E-state index contributed by atoms with van der Waals surface area (Å²) in [5.74, 6) is 0.902. The van der Waals surface area contributed by atoms with Crippen molar-refractivity contribution in [1.82, 2.24) is 14.5 Å². The van der Waals surface area contributed by atoms with E-state index in [0.717, 1.165) is 47.9 Å². The van der Waals surface area contributed by atoms with Gasteiger partial charge in [0.05, 0.1) is 22.5 Å². The van der Waals surface area contributed by atoms with Crippen molar-refractivity contribution in [2.75, 3.05) is 7.05 Å². The van der Waals surface area contributed by atoms with Crippen molar-refractivity contribution >= 4 is 32.7 Å². The highest BCUT2D eigenvalue weighted by Crippen LogP contribution is 2.22. The summed E-state index contributed by atoms with van der Waals surface area (Å²) in [5, 5.41) is 5.99.